The van der Waals surface area contributed by atoms with Crippen LogP contribution >= 0.6 is 0 Å². The molecule has 0 unspecified atom stereocenters. The van der Waals surface area contributed by atoms with Gasteiger partial charge in [-0.15, -0.1) is 0 Å². The molecule has 0 bridgehead atoms. The monoisotopic (exact) mass is 364 g/mol. The van der Waals surface area contributed by atoms with Crippen molar-refractivity contribution in [1.29, 1.82) is 0 Å². The Kier molecular flexibility index (Phi) is 5.94. The molecule has 0 fully saturated rings. The van der Waals surface area contributed by atoms with Crippen LogP contribution in [0.4, 0.5) is 4.79 Å². The highest BCUT2D eigenvalue weighted by Gasteiger charge is 2.23. The predicted molar refractivity (Wildman–Crippen MR) is 111 cm³/mol. The third-order valence-electron chi connectivity index (χ3n) is 4.83. The second kappa shape index (κ2) is 7.83. The summed E-state index contributed by atoms with van der Waals surface area (Å²) in [5.74, 6) is 0. The van der Waals surface area contributed by atoms with Gasteiger partial charge in [0, 0.05) is 5.41 Å². The SMILES string of the molecule is C=C(/C=C\C(C)(C)OC(=O)O)c1ccc(C(C)(C)c2ccccc2)cc1C. The Morgan fingerprint density at radius 2 is 1.67 bits per heavy atom. The van der Waals surface area contributed by atoms with E-state index < -0.39 is 11.8 Å². The van der Waals surface area contributed by atoms with Gasteiger partial charge in [-0.25, -0.2) is 4.79 Å². The third-order valence-corrected chi connectivity index (χ3v) is 4.83. The molecule has 3 nitrogen and oxygen atoms in total. The van der Waals surface area contributed by atoms with Gasteiger partial charge in [-0.1, -0.05) is 75.0 Å². The van der Waals surface area contributed by atoms with E-state index in [0.717, 1.165) is 16.7 Å². The van der Waals surface area contributed by atoms with E-state index in [1.165, 1.54) is 11.1 Å². The first-order valence-corrected chi connectivity index (χ1v) is 9.00. The first-order valence-electron chi connectivity index (χ1n) is 9.00. The van der Waals surface area contributed by atoms with Crippen molar-refractivity contribution in [2.24, 2.45) is 0 Å². The molecule has 27 heavy (non-hydrogen) atoms. The Bertz CT molecular complexity index is 858. The van der Waals surface area contributed by atoms with Crippen LogP contribution < -0.4 is 0 Å². The smallest absolute Gasteiger partial charge is 0.450 e. The van der Waals surface area contributed by atoms with Crippen LogP contribution in [0.5, 0.6) is 0 Å². The average Bonchev–Trinajstić information content (AvgIpc) is 2.59. The molecule has 0 heterocycles. The maximum atomic E-state index is 10.8. The van der Waals surface area contributed by atoms with Gasteiger partial charge in [-0.05, 0) is 54.7 Å². The highest BCUT2D eigenvalue weighted by Crippen LogP contribution is 2.33. The number of carbonyl (C=O) groups is 1. The minimum absolute atomic E-state index is 0.0982. The molecule has 0 aliphatic heterocycles. The molecule has 0 atom stereocenters. The predicted octanol–water partition coefficient (Wildman–Crippen LogP) is 6.36. The molecule has 0 saturated carbocycles. The fourth-order valence-corrected chi connectivity index (χ4v) is 3.08. The molecule has 0 saturated heterocycles. The van der Waals surface area contributed by atoms with Crippen molar-refractivity contribution < 1.29 is 14.6 Å². The molecule has 2 rings (SSSR count). The summed E-state index contributed by atoms with van der Waals surface area (Å²) in [5, 5.41) is 8.80. The van der Waals surface area contributed by atoms with Gasteiger partial charge in [0.25, 0.3) is 0 Å². The van der Waals surface area contributed by atoms with Gasteiger partial charge >= 0.3 is 6.16 Å². The van der Waals surface area contributed by atoms with Gasteiger partial charge in [-0.3, -0.25) is 0 Å². The van der Waals surface area contributed by atoms with Gasteiger partial charge in [0.05, 0.1) is 0 Å². The zero-order valence-electron chi connectivity index (χ0n) is 16.7. The summed E-state index contributed by atoms with van der Waals surface area (Å²) in [6.07, 6.45) is 2.23. The summed E-state index contributed by atoms with van der Waals surface area (Å²) in [7, 11) is 0. The highest BCUT2D eigenvalue weighted by atomic mass is 16.7. The summed E-state index contributed by atoms with van der Waals surface area (Å²) in [6.45, 7) is 14.0. The Morgan fingerprint density at radius 1 is 1.04 bits per heavy atom. The number of rotatable bonds is 6. The molecule has 2 aromatic carbocycles. The van der Waals surface area contributed by atoms with Crippen molar-refractivity contribution in [2.45, 2.75) is 45.6 Å². The van der Waals surface area contributed by atoms with Gasteiger partial charge in [0.2, 0.25) is 0 Å². The number of hydrogen-bond acceptors (Lipinski definition) is 2. The van der Waals surface area contributed by atoms with Crippen LogP contribution in [-0.2, 0) is 10.2 Å². The standard InChI is InChI=1S/C24H28O3/c1-17(14-15-23(3,4)27-22(25)26)21-13-12-20(16-18(21)2)24(5,6)19-10-8-7-9-11-19/h7-16H,1H2,2-6H3,(H,25,26)/b15-14-. The zero-order chi connectivity index (χ0) is 20.2. The topological polar surface area (TPSA) is 46.5 Å². The van der Waals surface area contributed by atoms with Crippen molar-refractivity contribution in [3.63, 3.8) is 0 Å². The van der Waals surface area contributed by atoms with Crippen LogP contribution in [0.3, 0.4) is 0 Å². The molecule has 0 aliphatic carbocycles. The molecular formula is C24H28O3. The molecule has 1 N–H and O–H groups in total. The zero-order valence-corrected chi connectivity index (χ0v) is 16.7. The van der Waals surface area contributed by atoms with Gasteiger partial charge in [0.15, 0.2) is 0 Å². The Labute approximate surface area is 162 Å². The van der Waals surface area contributed by atoms with Crippen molar-refractivity contribution >= 4 is 11.7 Å². The van der Waals surface area contributed by atoms with E-state index in [1.54, 1.807) is 19.9 Å². The number of allylic oxidation sites excluding steroid dienone is 2. The summed E-state index contributed by atoms with van der Waals surface area (Å²) in [6, 6.07) is 16.9. The largest absolute Gasteiger partial charge is 0.506 e. The number of aryl methyl sites for hydroxylation is 1. The summed E-state index contributed by atoms with van der Waals surface area (Å²) in [5.41, 5.74) is 4.48. The van der Waals surface area contributed by atoms with Crippen molar-refractivity contribution in [1.82, 2.24) is 0 Å². The lowest BCUT2D eigenvalue weighted by Gasteiger charge is -2.27. The first-order chi connectivity index (χ1) is 12.5. The summed E-state index contributed by atoms with van der Waals surface area (Å²) < 4.78 is 4.86. The average molecular weight is 364 g/mol. The maximum absolute atomic E-state index is 10.8. The molecule has 0 radical (unpaired) electrons. The van der Waals surface area contributed by atoms with Crippen LogP contribution in [0.15, 0.2) is 67.3 Å². The van der Waals surface area contributed by atoms with Crippen molar-refractivity contribution in [3.8, 4) is 0 Å². The van der Waals surface area contributed by atoms with E-state index in [0.29, 0.717) is 0 Å². The quantitative estimate of drug-likeness (QED) is 0.479. The van der Waals surface area contributed by atoms with Crippen LogP contribution in [0.2, 0.25) is 0 Å². The number of benzene rings is 2. The van der Waals surface area contributed by atoms with Crippen molar-refractivity contribution in [2.75, 3.05) is 0 Å². The molecule has 0 spiro atoms. The van der Waals surface area contributed by atoms with E-state index in [2.05, 4.69) is 69.8 Å². The first kappa shape index (κ1) is 20.5. The second-order valence-corrected chi connectivity index (χ2v) is 7.85. The molecule has 142 valence electrons. The van der Waals surface area contributed by atoms with Crippen molar-refractivity contribution in [3.05, 3.63) is 89.5 Å². The van der Waals surface area contributed by atoms with Gasteiger partial charge in [-0.2, -0.15) is 0 Å². The van der Waals surface area contributed by atoms with Crippen LogP contribution in [0, 0.1) is 6.92 Å². The molecule has 2 aromatic rings. The Balaban J connectivity index is 2.26. The lowest BCUT2D eigenvalue weighted by atomic mass is 9.77. The van der Waals surface area contributed by atoms with E-state index in [9.17, 15) is 4.79 Å². The van der Waals surface area contributed by atoms with Gasteiger partial charge < -0.3 is 9.84 Å². The number of carboxylic acid groups (broad SMARTS) is 1. The van der Waals surface area contributed by atoms with E-state index in [1.807, 2.05) is 12.1 Å². The molecule has 3 heteroatoms. The second-order valence-electron chi connectivity index (χ2n) is 7.85. The van der Waals surface area contributed by atoms with E-state index in [-0.39, 0.29) is 5.41 Å². The van der Waals surface area contributed by atoms with Crippen LogP contribution in [-0.4, -0.2) is 16.9 Å². The number of hydrogen-bond donors (Lipinski definition) is 1. The number of ether oxygens (including phenoxy) is 1. The Morgan fingerprint density at radius 3 is 2.22 bits per heavy atom. The lowest BCUT2D eigenvalue weighted by molar-refractivity contribution is 0.0307. The van der Waals surface area contributed by atoms with E-state index in [4.69, 9.17) is 9.84 Å². The highest BCUT2D eigenvalue weighted by molar-refractivity contribution is 5.74. The molecule has 0 amide bonds. The fourth-order valence-electron chi connectivity index (χ4n) is 3.08. The minimum Gasteiger partial charge on any atom is -0.450 e. The third kappa shape index (κ3) is 5.10. The molecule has 0 aliphatic rings. The summed E-state index contributed by atoms with van der Waals surface area (Å²) >= 11 is 0. The molecule has 0 aromatic heterocycles. The van der Waals surface area contributed by atoms with E-state index >= 15 is 0 Å². The normalized spacial score (nSPS) is 12.2. The maximum Gasteiger partial charge on any atom is 0.506 e. The van der Waals surface area contributed by atoms with Gasteiger partial charge in [0.1, 0.15) is 5.60 Å². The Hall–Kier alpha value is -2.81. The lowest BCUT2D eigenvalue weighted by Crippen LogP contribution is -2.24. The molecular weight excluding hydrogens is 336 g/mol. The summed E-state index contributed by atoms with van der Waals surface area (Å²) in [4.78, 5) is 10.8. The van der Waals surface area contributed by atoms with Crippen LogP contribution in [0.1, 0.15) is 49.9 Å². The van der Waals surface area contributed by atoms with Crippen LogP contribution in [0.25, 0.3) is 5.57 Å². The fraction of sp³-hybridized carbons (Fsp3) is 0.292. The minimum atomic E-state index is -1.29.